The number of thioether (sulfide) groups is 1. The summed E-state index contributed by atoms with van der Waals surface area (Å²) >= 11 is 1.07. The standard InChI is InChI=1S/C17H17N3O5S2/c1-10(16(18)21)26-17-19-14-9-13(7-8-15(14)25-17)27(22,23)20-11-3-5-12(24-2)6-4-11/h3-10,20H,1-2H3,(H2,18,21)/t10-/m0/s1. The first kappa shape index (κ1) is 19.1. The second kappa shape index (κ2) is 7.49. The zero-order valence-electron chi connectivity index (χ0n) is 14.5. The first-order valence-corrected chi connectivity index (χ1v) is 10.2. The van der Waals surface area contributed by atoms with Crippen molar-refractivity contribution in [3.05, 3.63) is 42.5 Å². The van der Waals surface area contributed by atoms with E-state index >= 15 is 0 Å². The summed E-state index contributed by atoms with van der Waals surface area (Å²) in [4.78, 5) is 15.4. The molecule has 0 aliphatic carbocycles. The summed E-state index contributed by atoms with van der Waals surface area (Å²) in [6.07, 6.45) is 0. The number of amides is 1. The van der Waals surface area contributed by atoms with Crippen LogP contribution in [0.4, 0.5) is 5.69 Å². The van der Waals surface area contributed by atoms with Crippen molar-refractivity contribution in [3.63, 3.8) is 0 Å². The van der Waals surface area contributed by atoms with E-state index in [1.165, 1.54) is 25.3 Å². The Morgan fingerprint density at radius 2 is 1.96 bits per heavy atom. The Morgan fingerprint density at radius 3 is 2.59 bits per heavy atom. The lowest BCUT2D eigenvalue weighted by atomic mass is 10.3. The zero-order valence-corrected chi connectivity index (χ0v) is 16.1. The maximum atomic E-state index is 12.6. The number of anilines is 1. The number of nitrogens with two attached hydrogens (primary N) is 1. The summed E-state index contributed by atoms with van der Waals surface area (Å²) < 4.78 is 38.3. The summed E-state index contributed by atoms with van der Waals surface area (Å²) in [6, 6.07) is 10.9. The predicted octanol–water partition coefficient (Wildman–Crippen LogP) is 2.60. The summed E-state index contributed by atoms with van der Waals surface area (Å²) in [7, 11) is -2.27. The first-order valence-electron chi connectivity index (χ1n) is 7.82. The normalized spacial score (nSPS) is 12.7. The molecule has 0 aliphatic heterocycles. The smallest absolute Gasteiger partial charge is 0.261 e. The van der Waals surface area contributed by atoms with Gasteiger partial charge in [0, 0.05) is 5.69 Å². The van der Waals surface area contributed by atoms with Crippen molar-refractivity contribution in [3.8, 4) is 5.75 Å². The van der Waals surface area contributed by atoms with Gasteiger partial charge >= 0.3 is 0 Å². The van der Waals surface area contributed by atoms with Crippen LogP contribution >= 0.6 is 11.8 Å². The highest BCUT2D eigenvalue weighted by molar-refractivity contribution is 8.00. The van der Waals surface area contributed by atoms with Crippen LogP contribution in [0.15, 0.2) is 57.0 Å². The van der Waals surface area contributed by atoms with Gasteiger partial charge in [-0.3, -0.25) is 9.52 Å². The number of nitrogens with zero attached hydrogens (tertiary/aromatic N) is 1. The van der Waals surface area contributed by atoms with E-state index in [-0.39, 0.29) is 10.1 Å². The molecule has 1 amide bonds. The Balaban J connectivity index is 1.85. The van der Waals surface area contributed by atoms with Gasteiger partial charge in [0.2, 0.25) is 5.91 Å². The Kier molecular flexibility index (Phi) is 5.29. The van der Waals surface area contributed by atoms with E-state index in [2.05, 4.69) is 9.71 Å². The number of carbonyl (C=O) groups excluding carboxylic acids is 1. The van der Waals surface area contributed by atoms with Gasteiger partial charge in [-0.15, -0.1) is 0 Å². The first-order chi connectivity index (χ1) is 12.8. The third-order valence-electron chi connectivity index (χ3n) is 3.67. The van der Waals surface area contributed by atoms with Crippen LogP contribution in [0.1, 0.15) is 6.92 Å². The highest BCUT2D eigenvalue weighted by atomic mass is 32.2. The molecule has 1 aromatic heterocycles. The molecule has 0 bridgehead atoms. The fourth-order valence-corrected chi connectivity index (χ4v) is 3.97. The lowest BCUT2D eigenvalue weighted by Crippen LogP contribution is -2.22. The number of hydrogen-bond acceptors (Lipinski definition) is 7. The highest BCUT2D eigenvalue weighted by Crippen LogP contribution is 2.28. The van der Waals surface area contributed by atoms with Gasteiger partial charge < -0.3 is 14.9 Å². The summed E-state index contributed by atoms with van der Waals surface area (Å²) in [5.41, 5.74) is 6.41. The van der Waals surface area contributed by atoms with Gasteiger partial charge in [0.25, 0.3) is 15.2 Å². The number of primary amides is 1. The molecule has 8 nitrogen and oxygen atoms in total. The molecule has 0 fully saturated rings. The third kappa shape index (κ3) is 4.34. The van der Waals surface area contributed by atoms with E-state index in [1.807, 2.05) is 0 Å². The van der Waals surface area contributed by atoms with Crippen molar-refractivity contribution in [2.24, 2.45) is 5.73 Å². The minimum atomic E-state index is -3.80. The third-order valence-corrected chi connectivity index (χ3v) is 6.01. The van der Waals surface area contributed by atoms with E-state index in [4.69, 9.17) is 14.9 Å². The Bertz CT molecular complexity index is 1080. The SMILES string of the molecule is COc1ccc(NS(=O)(=O)c2ccc3oc(S[C@@H](C)C(N)=O)nc3c2)cc1. The highest BCUT2D eigenvalue weighted by Gasteiger charge is 2.19. The predicted molar refractivity (Wildman–Crippen MR) is 102 cm³/mol. The van der Waals surface area contributed by atoms with Gasteiger partial charge in [0.05, 0.1) is 17.3 Å². The number of benzene rings is 2. The van der Waals surface area contributed by atoms with Crippen molar-refractivity contribution < 1.29 is 22.4 Å². The molecule has 3 N–H and O–H groups in total. The molecule has 142 valence electrons. The molecule has 27 heavy (non-hydrogen) atoms. The summed E-state index contributed by atoms with van der Waals surface area (Å²) in [5.74, 6) is 0.131. The van der Waals surface area contributed by atoms with Gasteiger partial charge in [-0.2, -0.15) is 0 Å². The minimum Gasteiger partial charge on any atom is -0.497 e. The average Bonchev–Trinajstić information content (AvgIpc) is 3.03. The maximum Gasteiger partial charge on any atom is 0.261 e. The van der Waals surface area contributed by atoms with Crippen molar-refractivity contribution in [2.45, 2.75) is 22.3 Å². The Labute approximate surface area is 160 Å². The van der Waals surface area contributed by atoms with Gasteiger partial charge in [0.1, 0.15) is 11.3 Å². The quantitative estimate of drug-likeness (QED) is 0.577. The lowest BCUT2D eigenvalue weighted by molar-refractivity contribution is -0.117. The second-order valence-electron chi connectivity index (χ2n) is 5.61. The van der Waals surface area contributed by atoms with Crippen molar-refractivity contribution in [1.29, 1.82) is 0 Å². The lowest BCUT2D eigenvalue weighted by Gasteiger charge is -2.08. The van der Waals surface area contributed by atoms with Crippen LogP contribution in [0.2, 0.25) is 0 Å². The molecule has 3 aromatic rings. The molecule has 10 heteroatoms. The van der Waals surface area contributed by atoms with Crippen LogP contribution < -0.4 is 15.2 Å². The maximum absolute atomic E-state index is 12.6. The van der Waals surface area contributed by atoms with E-state index in [0.29, 0.717) is 22.5 Å². The van der Waals surface area contributed by atoms with Gasteiger partial charge in [-0.25, -0.2) is 13.4 Å². The number of fused-ring (bicyclic) bond motifs is 1. The van der Waals surface area contributed by atoms with Crippen LogP contribution in [0.5, 0.6) is 5.75 Å². The number of carbonyl (C=O) groups is 1. The van der Waals surface area contributed by atoms with E-state index < -0.39 is 21.2 Å². The van der Waals surface area contributed by atoms with Crippen LogP contribution in [-0.4, -0.2) is 31.7 Å². The molecule has 3 rings (SSSR count). The Morgan fingerprint density at radius 1 is 1.26 bits per heavy atom. The topological polar surface area (TPSA) is 125 Å². The average molecular weight is 407 g/mol. The largest absolute Gasteiger partial charge is 0.497 e. The van der Waals surface area contributed by atoms with Crippen molar-refractivity contribution in [1.82, 2.24) is 4.98 Å². The molecular formula is C17H17N3O5S2. The zero-order chi connectivity index (χ0) is 19.6. The van der Waals surface area contributed by atoms with Crippen LogP contribution in [0.3, 0.4) is 0 Å². The molecule has 0 unspecified atom stereocenters. The summed E-state index contributed by atoms with van der Waals surface area (Å²) in [5, 5.41) is -0.271. The van der Waals surface area contributed by atoms with Crippen molar-refractivity contribution in [2.75, 3.05) is 11.8 Å². The molecule has 2 aromatic carbocycles. The number of aromatic nitrogens is 1. The monoisotopic (exact) mass is 407 g/mol. The molecule has 1 heterocycles. The molecule has 1 atom stereocenters. The fraction of sp³-hybridized carbons (Fsp3) is 0.176. The molecule has 0 aliphatic rings. The second-order valence-corrected chi connectivity index (χ2v) is 8.58. The van der Waals surface area contributed by atoms with Crippen LogP contribution in [0, 0.1) is 0 Å². The fourth-order valence-electron chi connectivity index (χ4n) is 2.19. The number of methoxy groups -OCH3 is 1. The van der Waals surface area contributed by atoms with Crippen molar-refractivity contribution >= 4 is 44.5 Å². The number of rotatable bonds is 7. The van der Waals surface area contributed by atoms with Crippen LogP contribution in [0.25, 0.3) is 11.1 Å². The molecule has 0 saturated carbocycles. The number of hydrogen-bond donors (Lipinski definition) is 2. The van der Waals surface area contributed by atoms with Gasteiger partial charge in [-0.05, 0) is 49.4 Å². The van der Waals surface area contributed by atoms with E-state index in [9.17, 15) is 13.2 Å². The molecule has 0 saturated heterocycles. The van der Waals surface area contributed by atoms with Gasteiger partial charge in [-0.1, -0.05) is 11.8 Å². The number of sulfonamides is 1. The molecule has 0 radical (unpaired) electrons. The molecular weight excluding hydrogens is 390 g/mol. The van der Waals surface area contributed by atoms with Gasteiger partial charge in [0.15, 0.2) is 5.58 Å². The van der Waals surface area contributed by atoms with E-state index in [1.54, 1.807) is 31.2 Å². The summed E-state index contributed by atoms with van der Waals surface area (Å²) in [6.45, 7) is 1.64. The number of ether oxygens (including phenoxy) is 1. The molecule has 0 spiro atoms. The van der Waals surface area contributed by atoms with E-state index in [0.717, 1.165) is 11.8 Å². The minimum absolute atomic E-state index is 0.0404. The van der Waals surface area contributed by atoms with Crippen LogP contribution in [-0.2, 0) is 14.8 Å². The Hall–Kier alpha value is -2.72. The number of nitrogens with one attached hydrogen (secondary N) is 1. The number of oxazole rings is 1.